The molecule has 1 aromatic heterocycles. The van der Waals surface area contributed by atoms with Gasteiger partial charge in [-0.05, 0) is 42.1 Å². The van der Waals surface area contributed by atoms with Crippen LogP contribution in [0.4, 0.5) is 5.69 Å². The number of hydrogen-bond acceptors (Lipinski definition) is 4. The maximum Gasteiger partial charge on any atom is 0.261 e. The van der Waals surface area contributed by atoms with Gasteiger partial charge in [-0.3, -0.25) is 9.10 Å². The minimum atomic E-state index is -3.45. The van der Waals surface area contributed by atoms with Crippen molar-refractivity contribution in [2.24, 2.45) is 0 Å². The van der Waals surface area contributed by atoms with Gasteiger partial charge >= 0.3 is 0 Å². The molecule has 7 heteroatoms. The third-order valence-electron chi connectivity index (χ3n) is 4.09. The van der Waals surface area contributed by atoms with Gasteiger partial charge in [0.2, 0.25) is 10.0 Å². The molecule has 1 N–H and O–H groups in total. The number of fused-ring (bicyclic) bond motifs is 1. The molecule has 0 unspecified atom stereocenters. The van der Waals surface area contributed by atoms with Gasteiger partial charge < -0.3 is 5.32 Å². The molecule has 26 heavy (non-hydrogen) atoms. The van der Waals surface area contributed by atoms with Crippen molar-refractivity contribution in [1.29, 1.82) is 0 Å². The lowest BCUT2D eigenvalue weighted by Crippen LogP contribution is -2.29. The minimum Gasteiger partial charge on any atom is -0.354 e. The Morgan fingerprint density at radius 3 is 2.42 bits per heavy atom. The summed E-state index contributed by atoms with van der Waals surface area (Å²) in [5.41, 5.74) is 2.63. The van der Waals surface area contributed by atoms with Crippen LogP contribution in [0.15, 0.2) is 48.5 Å². The van der Waals surface area contributed by atoms with Gasteiger partial charge in [0.25, 0.3) is 5.91 Å². The second-order valence-corrected chi connectivity index (χ2v) is 9.16. The van der Waals surface area contributed by atoms with Gasteiger partial charge in [0, 0.05) is 11.7 Å². The van der Waals surface area contributed by atoms with Crippen LogP contribution in [0.5, 0.6) is 0 Å². The molecule has 0 fully saturated rings. The van der Waals surface area contributed by atoms with E-state index in [-0.39, 0.29) is 12.5 Å². The van der Waals surface area contributed by atoms with Gasteiger partial charge in [-0.1, -0.05) is 29.8 Å². The van der Waals surface area contributed by atoms with Gasteiger partial charge in [-0.25, -0.2) is 8.42 Å². The SMILES string of the molecule is CNC(=O)c1cc2cc(N(Cc3ccc(C)cc3)S(C)(=O)=O)ccc2s1. The summed E-state index contributed by atoms with van der Waals surface area (Å²) in [6, 6.07) is 15.0. The van der Waals surface area contributed by atoms with Crippen molar-refractivity contribution in [3.05, 3.63) is 64.5 Å². The molecule has 0 saturated heterocycles. The number of amides is 1. The summed E-state index contributed by atoms with van der Waals surface area (Å²) in [7, 11) is -1.86. The van der Waals surface area contributed by atoms with Crippen LogP contribution in [-0.2, 0) is 16.6 Å². The molecule has 0 aliphatic rings. The number of nitrogens with one attached hydrogen (secondary N) is 1. The van der Waals surface area contributed by atoms with E-state index in [4.69, 9.17) is 0 Å². The van der Waals surface area contributed by atoms with E-state index in [2.05, 4.69) is 5.32 Å². The fourth-order valence-corrected chi connectivity index (χ4v) is 4.55. The molecule has 0 radical (unpaired) electrons. The largest absolute Gasteiger partial charge is 0.354 e. The normalized spacial score (nSPS) is 11.5. The lowest BCUT2D eigenvalue weighted by atomic mass is 10.1. The fourth-order valence-electron chi connectivity index (χ4n) is 2.68. The van der Waals surface area contributed by atoms with Crippen molar-refractivity contribution in [3.8, 4) is 0 Å². The zero-order valence-electron chi connectivity index (χ0n) is 14.8. The Balaban J connectivity index is 2.00. The number of aryl methyl sites for hydroxylation is 1. The van der Waals surface area contributed by atoms with E-state index in [1.54, 1.807) is 19.2 Å². The van der Waals surface area contributed by atoms with Crippen LogP contribution in [0.3, 0.4) is 0 Å². The highest BCUT2D eigenvalue weighted by Gasteiger charge is 2.19. The molecule has 136 valence electrons. The Kier molecular flexibility index (Phi) is 5.02. The number of sulfonamides is 1. The lowest BCUT2D eigenvalue weighted by Gasteiger charge is -2.22. The molecule has 5 nitrogen and oxygen atoms in total. The molecule has 0 spiro atoms. The van der Waals surface area contributed by atoms with Crippen molar-refractivity contribution >= 4 is 43.0 Å². The Hall–Kier alpha value is -2.38. The van der Waals surface area contributed by atoms with Crippen LogP contribution in [-0.4, -0.2) is 27.6 Å². The monoisotopic (exact) mass is 388 g/mol. The van der Waals surface area contributed by atoms with Gasteiger partial charge in [-0.15, -0.1) is 11.3 Å². The fraction of sp³-hybridized carbons (Fsp3) is 0.211. The van der Waals surface area contributed by atoms with E-state index in [1.165, 1.54) is 21.9 Å². The maximum atomic E-state index is 12.4. The van der Waals surface area contributed by atoms with E-state index in [1.807, 2.05) is 43.3 Å². The topological polar surface area (TPSA) is 66.5 Å². The third-order valence-corrected chi connectivity index (χ3v) is 6.34. The Bertz CT molecular complexity index is 1050. The summed E-state index contributed by atoms with van der Waals surface area (Å²) in [5.74, 6) is -0.146. The highest BCUT2D eigenvalue weighted by atomic mass is 32.2. The zero-order valence-corrected chi connectivity index (χ0v) is 16.4. The molecule has 3 aromatic rings. The average Bonchev–Trinajstić information content (AvgIpc) is 3.02. The average molecular weight is 389 g/mol. The van der Waals surface area contributed by atoms with Crippen LogP contribution in [0.2, 0.25) is 0 Å². The number of hydrogen-bond donors (Lipinski definition) is 1. The van der Waals surface area contributed by atoms with E-state index >= 15 is 0 Å². The molecule has 0 aliphatic carbocycles. The number of rotatable bonds is 5. The number of benzene rings is 2. The first-order valence-corrected chi connectivity index (χ1v) is 10.7. The second kappa shape index (κ2) is 7.09. The summed E-state index contributed by atoms with van der Waals surface area (Å²) in [5, 5.41) is 3.46. The quantitative estimate of drug-likeness (QED) is 0.727. The summed E-state index contributed by atoms with van der Waals surface area (Å²) in [6.07, 6.45) is 1.20. The van der Waals surface area contributed by atoms with Crippen LogP contribution in [0.1, 0.15) is 20.8 Å². The van der Waals surface area contributed by atoms with Gasteiger partial charge in [0.1, 0.15) is 0 Å². The lowest BCUT2D eigenvalue weighted by molar-refractivity contribution is 0.0967. The molecule has 1 amide bonds. The van der Waals surface area contributed by atoms with Gasteiger partial charge in [-0.2, -0.15) is 0 Å². The molecule has 2 aromatic carbocycles. The van der Waals surface area contributed by atoms with Crippen molar-refractivity contribution in [2.75, 3.05) is 17.6 Å². The molecule has 1 heterocycles. The second-order valence-electron chi connectivity index (χ2n) is 6.17. The maximum absolute atomic E-state index is 12.4. The number of thiophene rings is 1. The summed E-state index contributed by atoms with van der Waals surface area (Å²) >= 11 is 1.38. The van der Waals surface area contributed by atoms with E-state index < -0.39 is 10.0 Å². The van der Waals surface area contributed by atoms with E-state index in [0.717, 1.165) is 21.2 Å². The highest BCUT2D eigenvalue weighted by molar-refractivity contribution is 7.92. The van der Waals surface area contributed by atoms with Crippen molar-refractivity contribution in [3.63, 3.8) is 0 Å². The predicted molar refractivity (Wildman–Crippen MR) is 107 cm³/mol. The van der Waals surface area contributed by atoms with Crippen LogP contribution >= 0.6 is 11.3 Å². The van der Waals surface area contributed by atoms with E-state index in [0.29, 0.717) is 10.6 Å². The van der Waals surface area contributed by atoms with E-state index in [9.17, 15) is 13.2 Å². The standard InChI is InChI=1S/C19H20N2O3S2/c1-13-4-6-14(7-5-13)12-21(26(3,23)24)16-8-9-17-15(10-16)11-18(25-17)19(22)20-2/h4-11H,12H2,1-3H3,(H,20,22). The molecule has 0 bridgehead atoms. The Morgan fingerprint density at radius 2 is 1.81 bits per heavy atom. The third kappa shape index (κ3) is 3.89. The minimum absolute atomic E-state index is 0.146. The number of nitrogens with zero attached hydrogens (tertiary/aromatic N) is 1. The number of carbonyl (C=O) groups excluding carboxylic acids is 1. The molecular weight excluding hydrogens is 368 g/mol. The van der Waals surface area contributed by atoms with Crippen LogP contribution < -0.4 is 9.62 Å². The Morgan fingerprint density at radius 1 is 1.12 bits per heavy atom. The molecular formula is C19H20N2O3S2. The highest BCUT2D eigenvalue weighted by Crippen LogP contribution is 2.31. The first kappa shape index (κ1) is 18.4. The van der Waals surface area contributed by atoms with Crippen molar-refractivity contribution in [2.45, 2.75) is 13.5 Å². The number of carbonyl (C=O) groups is 1. The summed E-state index contributed by atoms with van der Waals surface area (Å²) in [4.78, 5) is 12.4. The molecule has 0 saturated carbocycles. The molecule has 0 atom stereocenters. The molecule has 3 rings (SSSR count). The number of anilines is 1. The van der Waals surface area contributed by atoms with Crippen LogP contribution in [0, 0.1) is 6.92 Å². The van der Waals surface area contributed by atoms with Gasteiger partial charge in [0.05, 0.1) is 23.4 Å². The first-order valence-electron chi connectivity index (χ1n) is 8.07. The van der Waals surface area contributed by atoms with Crippen molar-refractivity contribution in [1.82, 2.24) is 5.32 Å². The Labute approximate surface area is 157 Å². The van der Waals surface area contributed by atoms with Crippen molar-refractivity contribution < 1.29 is 13.2 Å². The van der Waals surface area contributed by atoms with Crippen LogP contribution in [0.25, 0.3) is 10.1 Å². The predicted octanol–water partition coefficient (Wildman–Crippen LogP) is 3.54. The summed E-state index contributed by atoms with van der Waals surface area (Å²) < 4.78 is 27.1. The zero-order chi connectivity index (χ0) is 18.9. The molecule has 0 aliphatic heterocycles. The van der Waals surface area contributed by atoms with Gasteiger partial charge in [0.15, 0.2) is 0 Å². The summed E-state index contributed by atoms with van der Waals surface area (Å²) in [6.45, 7) is 2.25. The smallest absolute Gasteiger partial charge is 0.261 e. The first-order chi connectivity index (χ1) is 12.3.